The van der Waals surface area contributed by atoms with Crippen molar-refractivity contribution in [3.05, 3.63) is 0 Å². The maximum Gasteiger partial charge on any atom is 0.507 e. The van der Waals surface area contributed by atoms with Gasteiger partial charge >= 0.3 is 20.7 Å². The van der Waals surface area contributed by atoms with Crippen LogP contribution in [0.15, 0.2) is 0 Å². The summed E-state index contributed by atoms with van der Waals surface area (Å²) >= 11 is 0. The van der Waals surface area contributed by atoms with Crippen LogP contribution >= 0.6 is 0 Å². The van der Waals surface area contributed by atoms with Crippen LogP contribution in [-0.4, -0.2) is 52.8 Å². The van der Waals surface area contributed by atoms with Gasteiger partial charge in [0.25, 0.3) is 0 Å². The van der Waals surface area contributed by atoms with Crippen LogP contribution in [0.25, 0.3) is 0 Å². The number of carbonyl (C=O) groups is 2. The van der Waals surface area contributed by atoms with Crippen molar-refractivity contribution in [3.63, 3.8) is 0 Å². The fourth-order valence-corrected chi connectivity index (χ4v) is 7.26. The Morgan fingerprint density at radius 1 is 1.00 bits per heavy atom. The van der Waals surface area contributed by atoms with Gasteiger partial charge in [0.15, 0.2) is 0 Å². The highest BCUT2D eigenvalue weighted by atomic mass is 28.4. The molecular formula is C14H22O7Si. The van der Waals surface area contributed by atoms with E-state index in [9.17, 15) is 9.59 Å². The zero-order valence-corrected chi connectivity index (χ0v) is 14.1. The number of rotatable bonds is 7. The number of hydrogen-bond donors (Lipinski definition) is 0. The van der Waals surface area contributed by atoms with E-state index in [0.717, 1.165) is 0 Å². The molecule has 0 radical (unpaired) electrons. The van der Waals surface area contributed by atoms with Crippen molar-refractivity contribution in [2.75, 3.05) is 19.8 Å². The minimum atomic E-state index is -2.97. The minimum Gasteiger partial charge on any atom is -0.393 e. The molecule has 2 bridgehead atoms. The third kappa shape index (κ3) is 2.25. The van der Waals surface area contributed by atoms with Crippen LogP contribution in [0, 0.1) is 11.8 Å². The fourth-order valence-electron chi connectivity index (χ4n) is 3.95. The van der Waals surface area contributed by atoms with Crippen LogP contribution in [0.4, 0.5) is 0 Å². The molecule has 3 fully saturated rings. The largest absolute Gasteiger partial charge is 0.507 e. The highest BCUT2D eigenvalue weighted by Gasteiger charge is 2.70. The summed E-state index contributed by atoms with van der Waals surface area (Å²) in [5.74, 6) is -1.95. The second kappa shape index (κ2) is 6.01. The molecule has 3 heterocycles. The molecule has 3 saturated heterocycles. The van der Waals surface area contributed by atoms with Gasteiger partial charge in [0.05, 0.1) is 29.6 Å². The summed E-state index contributed by atoms with van der Waals surface area (Å²) in [5.41, 5.74) is -0.128. The Balaban J connectivity index is 1.88. The molecule has 0 aromatic carbocycles. The van der Waals surface area contributed by atoms with Gasteiger partial charge < -0.3 is 22.8 Å². The van der Waals surface area contributed by atoms with Crippen LogP contribution in [0.1, 0.15) is 27.2 Å². The van der Waals surface area contributed by atoms with Gasteiger partial charge in [-0.05, 0) is 27.2 Å². The first-order chi connectivity index (χ1) is 10.6. The molecule has 0 aliphatic carbocycles. The van der Waals surface area contributed by atoms with E-state index in [4.69, 9.17) is 22.8 Å². The molecule has 8 heteroatoms. The van der Waals surface area contributed by atoms with Crippen molar-refractivity contribution < 1.29 is 32.3 Å². The van der Waals surface area contributed by atoms with Gasteiger partial charge in [0.1, 0.15) is 0 Å². The topological polar surface area (TPSA) is 80.3 Å². The van der Waals surface area contributed by atoms with Crippen LogP contribution in [0.5, 0.6) is 0 Å². The first-order valence-corrected chi connectivity index (χ1v) is 9.71. The van der Waals surface area contributed by atoms with Crippen molar-refractivity contribution in [3.8, 4) is 0 Å². The molecule has 0 amide bonds. The van der Waals surface area contributed by atoms with Gasteiger partial charge in [-0.2, -0.15) is 0 Å². The lowest BCUT2D eigenvalue weighted by atomic mass is 9.81. The average Bonchev–Trinajstić information content (AvgIpc) is 3.12. The van der Waals surface area contributed by atoms with Crippen molar-refractivity contribution >= 4 is 20.7 Å². The van der Waals surface area contributed by atoms with E-state index >= 15 is 0 Å². The summed E-state index contributed by atoms with van der Waals surface area (Å²) in [5, 5.41) is 0. The van der Waals surface area contributed by atoms with Gasteiger partial charge in [0.2, 0.25) is 0 Å². The van der Waals surface area contributed by atoms with Crippen molar-refractivity contribution in [1.29, 1.82) is 0 Å². The van der Waals surface area contributed by atoms with E-state index in [0.29, 0.717) is 26.2 Å². The van der Waals surface area contributed by atoms with E-state index in [-0.39, 0.29) is 11.6 Å². The SMILES string of the molecule is CCO[Si](OCC)(OCC)C1CC2OC1C1C(=O)OC(=O)C21. The molecule has 0 aromatic heterocycles. The summed E-state index contributed by atoms with van der Waals surface area (Å²) in [7, 11) is -2.97. The number of carbonyl (C=O) groups excluding carboxylic acids is 2. The summed E-state index contributed by atoms with van der Waals surface area (Å²) in [6, 6.07) is 0. The van der Waals surface area contributed by atoms with E-state index in [1.165, 1.54) is 0 Å². The number of fused-ring (bicyclic) bond motifs is 5. The zero-order chi connectivity index (χ0) is 15.9. The number of hydrogen-bond acceptors (Lipinski definition) is 7. The van der Waals surface area contributed by atoms with Crippen LogP contribution < -0.4 is 0 Å². The van der Waals surface area contributed by atoms with Gasteiger partial charge in [-0.15, -0.1) is 0 Å². The van der Waals surface area contributed by atoms with Crippen molar-refractivity contribution in [2.45, 2.75) is 44.9 Å². The average molecular weight is 330 g/mol. The monoisotopic (exact) mass is 330 g/mol. The molecule has 0 spiro atoms. The third-order valence-electron chi connectivity index (χ3n) is 4.59. The van der Waals surface area contributed by atoms with E-state index < -0.39 is 38.7 Å². The molecule has 0 saturated carbocycles. The molecule has 22 heavy (non-hydrogen) atoms. The Labute approximate surface area is 130 Å². The number of esters is 2. The lowest BCUT2D eigenvalue weighted by Gasteiger charge is -2.37. The molecule has 7 nitrogen and oxygen atoms in total. The highest BCUT2D eigenvalue weighted by molar-refractivity contribution is 6.62. The summed E-state index contributed by atoms with van der Waals surface area (Å²) in [6.07, 6.45) is -0.0991. The number of cyclic esters (lactones) is 2. The molecule has 124 valence electrons. The lowest BCUT2D eigenvalue weighted by molar-refractivity contribution is -0.156. The molecule has 5 unspecified atom stereocenters. The van der Waals surface area contributed by atoms with Crippen molar-refractivity contribution in [1.82, 2.24) is 0 Å². The zero-order valence-electron chi connectivity index (χ0n) is 13.1. The number of ether oxygens (including phenoxy) is 2. The van der Waals surface area contributed by atoms with E-state index in [1.807, 2.05) is 20.8 Å². The predicted molar refractivity (Wildman–Crippen MR) is 75.7 cm³/mol. The molecule has 3 aliphatic heterocycles. The molecule has 5 atom stereocenters. The third-order valence-corrected chi connectivity index (χ3v) is 8.14. The van der Waals surface area contributed by atoms with Gasteiger partial charge in [-0.1, -0.05) is 0 Å². The van der Waals surface area contributed by atoms with Crippen LogP contribution in [-0.2, 0) is 32.3 Å². The molecule has 3 aliphatic rings. The van der Waals surface area contributed by atoms with Gasteiger partial charge in [0, 0.05) is 19.8 Å². The molecule has 0 N–H and O–H groups in total. The lowest BCUT2D eigenvalue weighted by Crippen LogP contribution is -2.55. The Morgan fingerprint density at radius 3 is 2.09 bits per heavy atom. The minimum absolute atomic E-state index is 0.128. The molecular weight excluding hydrogens is 308 g/mol. The molecule has 3 rings (SSSR count). The fraction of sp³-hybridized carbons (Fsp3) is 0.857. The van der Waals surface area contributed by atoms with Gasteiger partial charge in [-0.25, -0.2) is 0 Å². The predicted octanol–water partition coefficient (Wildman–Crippen LogP) is 0.892. The van der Waals surface area contributed by atoms with E-state index in [1.54, 1.807) is 0 Å². The second-order valence-electron chi connectivity index (χ2n) is 5.68. The normalized spacial score (nSPS) is 36.8. The van der Waals surface area contributed by atoms with E-state index in [2.05, 4.69) is 0 Å². The Hall–Kier alpha value is -0.803. The van der Waals surface area contributed by atoms with Crippen LogP contribution in [0.2, 0.25) is 5.54 Å². The summed E-state index contributed by atoms with van der Waals surface area (Å²) in [4.78, 5) is 23.8. The summed E-state index contributed by atoms with van der Waals surface area (Å²) in [6.45, 7) is 7.09. The van der Waals surface area contributed by atoms with Crippen molar-refractivity contribution in [2.24, 2.45) is 11.8 Å². The first kappa shape index (κ1) is 16.1. The standard InChI is InChI=1S/C14H22O7Si/c1-4-17-22(18-5-2,19-6-3)9-7-8-10-11(12(9)20-8)14(16)21-13(10)15/h8-12H,4-7H2,1-3H3. The Bertz CT molecular complexity index is 451. The molecule has 0 aromatic rings. The Morgan fingerprint density at radius 2 is 1.55 bits per heavy atom. The first-order valence-electron chi connectivity index (χ1n) is 7.90. The maximum absolute atomic E-state index is 12.0. The smallest absolute Gasteiger partial charge is 0.393 e. The maximum atomic E-state index is 12.0. The summed E-state index contributed by atoms with van der Waals surface area (Å²) < 4.78 is 28.5. The Kier molecular flexibility index (Phi) is 4.39. The highest BCUT2D eigenvalue weighted by Crippen LogP contribution is 2.56. The second-order valence-corrected chi connectivity index (χ2v) is 8.49. The van der Waals surface area contributed by atoms with Gasteiger partial charge in [-0.3, -0.25) is 9.59 Å². The quantitative estimate of drug-likeness (QED) is 0.389. The van der Waals surface area contributed by atoms with Crippen LogP contribution in [0.3, 0.4) is 0 Å².